The Morgan fingerprint density at radius 1 is 1.15 bits per heavy atom. The molecular formula is C25H30Cl2N4O3. The number of fused-ring (bicyclic) bond motifs is 1. The monoisotopic (exact) mass is 504 g/mol. The first-order valence-corrected chi connectivity index (χ1v) is 11.9. The number of carbonyl (C=O) groups excluding carboxylic acids is 1. The van der Waals surface area contributed by atoms with Crippen LogP contribution in [0.25, 0.3) is 10.9 Å². The third-order valence-electron chi connectivity index (χ3n) is 5.68. The molecule has 0 aliphatic carbocycles. The summed E-state index contributed by atoms with van der Waals surface area (Å²) >= 11 is 12.5. The Hall–Kier alpha value is -2.45. The van der Waals surface area contributed by atoms with Crippen LogP contribution in [0.2, 0.25) is 10.0 Å². The summed E-state index contributed by atoms with van der Waals surface area (Å²) in [5.74, 6) is 0.288. The van der Waals surface area contributed by atoms with Gasteiger partial charge in [0.25, 0.3) is 11.5 Å². The molecule has 2 aromatic carbocycles. The molecule has 0 saturated heterocycles. The fourth-order valence-electron chi connectivity index (χ4n) is 3.90. The zero-order chi connectivity index (χ0) is 24.8. The van der Waals surface area contributed by atoms with Crippen LogP contribution < -0.4 is 5.56 Å². The molecule has 34 heavy (non-hydrogen) atoms. The highest BCUT2D eigenvalue weighted by atomic mass is 35.5. The molecule has 1 unspecified atom stereocenters. The van der Waals surface area contributed by atoms with Gasteiger partial charge in [-0.15, -0.1) is 0 Å². The second-order valence-corrected chi connectivity index (χ2v) is 9.13. The highest BCUT2D eigenvalue weighted by molar-refractivity contribution is 6.36. The maximum atomic E-state index is 13.8. The number of para-hydroxylation sites is 1. The highest BCUT2D eigenvalue weighted by Crippen LogP contribution is 2.29. The SMILES string of the molecule is CCC(c1nc2ccccc2c(=O)n1CCOC)N(CCN(C)C)C(=O)c1ccc(Cl)cc1Cl. The molecule has 7 nitrogen and oxygen atoms in total. The number of carbonyl (C=O) groups is 1. The van der Waals surface area contributed by atoms with E-state index < -0.39 is 6.04 Å². The van der Waals surface area contributed by atoms with Gasteiger partial charge in [-0.3, -0.25) is 14.2 Å². The number of aromatic nitrogens is 2. The van der Waals surface area contributed by atoms with E-state index in [0.29, 0.717) is 60.0 Å². The summed E-state index contributed by atoms with van der Waals surface area (Å²) in [4.78, 5) is 35.8. The Bertz CT molecular complexity index is 1210. The quantitative estimate of drug-likeness (QED) is 0.406. The van der Waals surface area contributed by atoms with Gasteiger partial charge in [0, 0.05) is 25.2 Å². The number of methoxy groups -OCH3 is 1. The summed E-state index contributed by atoms with van der Waals surface area (Å²) in [5.41, 5.74) is 0.801. The average molecular weight is 505 g/mol. The van der Waals surface area contributed by atoms with E-state index in [9.17, 15) is 9.59 Å². The van der Waals surface area contributed by atoms with E-state index in [1.165, 1.54) is 0 Å². The number of rotatable bonds is 10. The molecule has 0 aliphatic heterocycles. The molecule has 0 fully saturated rings. The zero-order valence-corrected chi connectivity index (χ0v) is 21.4. The number of halogens is 2. The number of amides is 1. The van der Waals surface area contributed by atoms with Gasteiger partial charge in [-0.2, -0.15) is 0 Å². The zero-order valence-electron chi connectivity index (χ0n) is 19.9. The summed E-state index contributed by atoms with van der Waals surface area (Å²) in [6, 6.07) is 11.6. The van der Waals surface area contributed by atoms with E-state index in [-0.39, 0.29) is 16.5 Å². The largest absolute Gasteiger partial charge is 0.383 e. The molecule has 0 bridgehead atoms. The Morgan fingerprint density at radius 3 is 2.53 bits per heavy atom. The lowest BCUT2D eigenvalue weighted by atomic mass is 10.1. The molecule has 1 atom stereocenters. The van der Waals surface area contributed by atoms with Crippen LogP contribution in [-0.4, -0.2) is 66.2 Å². The van der Waals surface area contributed by atoms with Gasteiger partial charge in [-0.25, -0.2) is 4.98 Å². The van der Waals surface area contributed by atoms with E-state index in [1.54, 1.807) is 40.8 Å². The molecule has 0 saturated carbocycles. The van der Waals surface area contributed by atoms with Crippen molar-refractivity contribution >= 4 is 40.0 Å². The van der Waals surface area contributed by atoms with Crippen LogP contribution in [0.1, 0.15) is 35.6 Å². The fraction of sp³-hybridized carbons (Fsp3) is 0.400. The molecule has 1 aromatic heterocycles. The lowest BCUT2D eigenvalue weighted by Gasteiger charge is -2.33. The van der Waals surface area contributed by atoms with Crippen LogP contribution in [-0.2, 0) is 11.3 Å². The third-order valence-corrected chi connectivity index (χ3v) is 6.23. The first kappa shape index (κ1) is 26.2. The van der Waals surface area contributed by atoms with Crippen molar-refractivity contribution in [3.05, 3.63) is 74.3 Å². The normalized spacial score (nSPS) is 12.3. The van der Waals surface area contributed by atoms with Crippen LogP contribution in [0.4, 0.5) is 0 Å². The van der Waals surface area contributed by atoms with E-state index >= 15 is 0 Å². The number of ether oxygens (including phenoxy) is 1. The van der Waals surface area contributed by atoms with Crippen LogP contribution in [0.15, 0.2) is 47.3 Å². The van der Waals surface area contributed by atoms with E-state index in [2.05, 4.69) is 0 Å². The van der Waals surface area contributed by atoms with Gasteiger partial charge < -0.3 is 14.5 Å². The van der Waals surface area contributed by atoms with Crippen molar-refractivity contribution < 1.29 is 9.53 Å². The maximum Gasteiger partial charge on any atom is 0.261 e. The van der Waals surface area contributed by atoms with Crippen molar-refractivity contribution in [1.82, 2.24) is 19.4 Å². The number of nitrogens with zero attached hydrogens (tertiary/aromatic N) is 4. The van der Waals surface area contributed by atoms with Crippen molar-refractivity contribution in [2.45, 2.75) is 25.9 Å². The summed E-state index contributed by atoms with van der Waals surface area (Å²) in [7, 11) is 5.48. The summed E-state index contributed by atoms with van der Waals surface area (Å²) in [6.45, 7) is 3.71. The lowest BCUT2D eigenvalue weighted by Crippen LogP contribution is -2.42. The van der Waals surface area contributed by atoms with Gasteiger partial charge >= 0.3 is 0 Å². The molecule has 3 rings (SSSR count). The number of hydrogen-bond acceptors (Lipinski definition) is 5. The van der Waals surface area contributed by atoms with Gasteiger partial charge in [-0.05, 0) is 50.8 Å². The van der Waals surface area contributed by atoms with Crippen molar-refractivity contribution in [1.29, 1.82) is 0 Å². The Labute approximate surface area is 209 Å². The first-order chi connectivity index (χ1) is 16.3. The second-order valence-electron chi connectivity index (χ2n) is 8.29. The predicted molar refractivity (Wildman–Crippen MR) is 137 cm³/mol. The van der Waals surface area contributed by atoms with Gasteiger partial charge in [-0.1, -0.05) is 42.3 Å². The predicted octanol–water partition coefficient (Wildman–Crippen LogP) is 4.50. The first-order valence-electron chi connectivity index (χ1n) is 11.2. The Kier molecular flexibility index (Phi) is 9.08. The molecule has 182 valence electrons. The van der Waals surface area contributed by atoms with E-state index in [4.69, 9.17) is 32.9 Å². The molecule has 0 radical (unpaired) electrons. The minimum Gasteiger partial charge on any atom is -0.383 e. The maximum absolute atomic E-state index is 13.8. The number of likely N-dealkylation sites (N-methyl/N-ethyl adjacent to an activating group) is 1. The molecule has 9 heteroatoms. The van der Waals surface area contributed by atoms with Crippen LogP contribution in [0, 0.1) is 0 Å². The topological polar surface area (TPSA) is 67.7 Å². The second kappa shape index (κ2) is 11.8. The minimum atomic E-state index is -0.451. The third kappa shape index (κ3) is 5.78. The van der Waals surface area contributed by atoms with E-state index in [1.807, 2.05) is 44.1 Å². The van der Waals surface area contributed by atoms with Crippen LogP contribution >= 0.6 is 23.2 Å². The average Bonchev–Trinajstić information content (AvgIpc) is 2.80. The van der Waals surface area contributed by atoms with Crippen LogP contribution in [0.3, 0.4) is 0 Å². The molecule has 0 aliphatic rings. The van der Waals surface area contributed by atoms with Crippen molar-refractivity contribution in [2.24, 2.45) is 0 Å². The highest BCUT2D eigenvalue weighted by Gasteiger charge is 2.30. The van der Waals surface area contributed by atoms with Gasteiger partial charge in [0.1, 0.15) is 5.82 Å². The molecule has 0 spiro atoms. The molecule has 1 amide bonds. The van der Waals surface area contributed by atoms with Crippen LogP contribution in [0.5, 0.6) is 0 Å². The number of hydrogen-bond donors (Lipinski definition) is 0. The Balaban J connectivity index is 2.17. The lowest BCUT2D eigenvalue weighted by molar-refractivity contribution is 0.0639. The van der Waals surface area contributed by atoms with Crippen molar-refractivity contribution in [2.75, 3.05) is 40.9 Å². The summed E-state index contributed by atoms with van der Waals surface area (Å²) < 4.78 is 6.88. The minimum absolute atomic E-state index is 0.152. The standard InChI is InChI=1S/C25H30Cl2N4O3/c1-5-22(23-28-21-9-7-6-8-19(21)25(33)31(23)14-15-34-4)30(13-12-29(2)3)24(32)18-11-10-17(26)16-20(18)27/h6-11,16,22H,5,12-15H2,1-4H3. The fourth-order valence-corrected chi connectivity index (χ4v) is 4.39. The van der Waals surface area contributed by atoms with Gasteiger partial charge in [0.2, 0.25) is 0 Å². The van der Waals surface area contributed by atoms with E-state index in [0.717, 1.165) is 0 Å². The van der Waals surface area contributed by atoms with Gasteiger partial charge in [0.15, 0.2) is 0 Å². The molecule has 3 aromatic rings. The molecule has 0 N–H and O–H groups in total. The summed E-state index contributed by atoms with van der Waals surface area (Å²) in [5, 5.41) is 1.27. The molecular weight excluding hydrogens is 475 g/mol. The molecule has 1 heterocycles. The Morgan fingerprint density at radius 2 is 1.88 bits per heavy atom. The smallest absolute Gasteiger partial charge is 0.261 e. The van der Waals surface area contributed by atoms with Crippen molar-refractivity contribution in [3.8, 4) is 0 Å². The summed E-state index contributed by atoms with van der Waals surface area (Å²) in [6.07, 6.45) is 0.558. The number of benzene rings is 2. The van der Waals surface area contributed by atoms with Crippen molar-refractivity contribution in [3.63, 3.8) is 0 Å². The van der Waals surface area contributed by atoms with Gasteiger partial charge in [0.05, 0.1) is 40.7 Å².